The van der Waals surface area contributed by atoms with Crippen LogP contribution in [0.5, 0.6) is 0 Å². The highest BCUT2D eigenvalue weighted by molar-refractivity contribution is 8.01. The van der Waals surface area contributed by atoms with E-state index in [4.69, 9.17) is 4.42 Å². The molecular formula is C18H20N4O2S2. The first-order valence-corrected chi connectivity index (χ1v) is 9.95. The average molecular weight is 389 g/mol. The van der Waals surface area contributed by atoms with Crippen molar-refractivity contribution >= 4 is 39.8 Å². The highest BCUT2D eigenvalue weighted by Crippen LogP contribution is 2.28. The fraction of sp³-hybridized carbons (Fsp3) is 0.278. The first-order valence-electron chi connectivity index (χ1n) is 8.14. The molecule has 0 radical (unpaired) electrons. The van der Waals surface area contributed by atoms with Crippen molar-refractivity contribution in [3.63, 3.8) is 0 Å². The molecule has 1 amide bonds. The van der Waals surface area contributed by atoms with Gasteiger partial charge in [0.25, 0.3) is 0 Å². The first kappa shape index (κ1) is 18.5. The minimum atomic E-state index is -0.158. The van der Waals surface area contributed by atoms with Crippen molar-refractivity contribution in [3.05, 3.63) is 53.5 Å². The Morgan fingerprint density at radius 2 is 2.12 bits per heavy atom. The molecule has 2 aromatic heterocycles. The zero-order chi connectivity index (χ0) is 18.5. The lowest BCUT2D eigenvalue weighted by molar-refractivity contribution is -0.119. The Morgan fingerprint density at radius 3 is 2.85 bits per heavy atom. The number of hydrogen-bond acceptors (Lipinski definition) is 7. The molecule has 0 fully saturated rings. The molecule has 3 aromatic rings. The van der Waals surface area contributed by atoms with Crippen molar-refractivity contribution in [2.24, 2.45) is 0 Å². The Kier molecular flexibility index (Phi) is 5.95. The van der Waals surface area contributed by atoms with Crippen LogP contribution in [-0.2, 0) is 4.79 Å². The van der Waals surface area contributed by atoms with Crippen LogP contribution < -0.4 is 10.6 Å². The van der Waals surface area contributed by atoms with Crippen molar-refractivity contribution in [3.8, 4) is 0 Å². The van der Waals surface area contributed by atoms with Gasteiger partial charge < -0.3 is 15.1 Å². The van der Waals surface area contributed by atoms with E-state index in [0.717, 1.165) is 15.8 Å². The number of carbonyl (C=O) groups is 1. The monoisotopic (exact) mass is 388 g/mol. The number of nitrogens with one attached hydrogen (secondary N) is 2. The summed E-state index contributed by atoms with van der Waals surface area (Å²) in [6.07, 6.45) is 1.60. The van der Waals surface area contributed by atoms with E-state index in [-0.39, 0.29) is 17.7 Å². The number of aromatic nitrogens is 2. The molecule has 8 heteroatoms. The summed E-state index contributed by atoms with van der Waals surface area (Å²) in [5, 5.41) is 15.1. The summed E-state index contributed by atoms with van der Waals surface area (Å²) in [5.41, 5.74) is 3.45. The Balaban J connectivity index is 1.50. The first-order chi connectivity index (χ1) is 12.5. The van der Waals surface area contributed by atoms with E-state index in [1.165, 1.54) is 34.2 Å². The van der Waals surface area contributed by atoms with Gasteiger partial charge in [-0.1, -0.05) is 29.2 Å². The molecule has 0 spiro atoms. The smallest absolute Gasteiger partial charge is 0.231 e. The number of rotatable bonds is 7. The predicted molar refractivity (Wildman–Crippen MR) is 105 cm³/mol. The molecule has 0 aliphatic carbocycles. The topological polar surface area (TPSA) is 80.0 Å². The lowest BCUT2D eigenvalue weighted by Gasteiger charge is -2.10. The Hall–Kier alpha value is -2.32. The fourth-order valence-corrected chi connectivity index (χ4v) is 3.86. The van der Waals surface area contributed by atoms with E-state index >= 15 is 0 Å². The zero-order valence-corrected chi connectivity index (χ0v) is 16.4. The third-order valence-electron chi connectivity index (χ3n) is 3.84. The quantitative estimate of drug-likeness (QED) is 0.582. The average Bonchev–Trinajstić information content (AvgIpc) is 3.28. The van der Waals surface area contributed by atoms with Gasteiger partial charge in [-0.05, 0) is 56.2 Å². The lowest BCUT2D eigenvalue weighted by Crippen LogP contribution is -2.27. The van der Waals surface area contributed by atoms with Gasteiger partial charge in [-0.2, -0.15) is 0 Å². The summed E-state index contributed by atoms with van der Waals surface area (Å²) < 4.78 is 6.03. The van der Waals surface area contributed by atoms with E-state index in [0.29, 0.717) is 5.13 Å². The van der Waals surface area contributed by atoms with Crippen LogP contribution in [0.3, 0.4) is 0 Å². The van der Waals surface area contributed by atoms with Crippen LogP contribution in [0, 0.1) is 13.8 Å². The number of amides is 1. The third kappa shape index (κ3) is 4.86. The molecule has 1 aromatic carbocycles. The van der Waals surface area contributed by atoms with Gasteiger partial charge in [0.2, 0.25) is 11.0 Å². The van der Waals surface area contributed by atoms with Crippen LogP contribution in [-0.4, -0.2) is 21.9 Å². The van der Waals surface area contributed by atoms with Crippen LogP contribution >= 0.6 is 23.1 Å². The molecule has 136 valence electrons. The minimum absolute atomic E-state index is 0.0715. The van der Waals surface area contributed by atoms with E-state index < -0.39 is 0 Å². The summed E-state index contributed by atoms with van der Waals surface area (Å²) in [7, 11) is 0. The number of hydrogen-bond donors (Lipinski definition) is 2. The number of nitrogens with zero attached hydrogens (tertiary/aromatic N) is 2. The molecule has 6 nitrogen and oxygen atoms in total. The Morgan fingerprint density at radius 1 is 1.27 bits per heavy atom. The van der Waals surface area contributed by atoms with Gasteiger partial charge in [-0.25, -0.2) is 0 Å². The second-order valence-electron chi connectivity index (χ2n) is 5.89. The number of furan rings is 1. The molecule has 0 bridgehead atoms. The second kappa shape index (κ2) is 8.37. The van der Waals surface area contributed by atoms with E-state index in [1.807, 2.05) is 19.1 Å². The standard InChI is InChI=1S/C18H20N4O2S2/c1-11-6-7-14(9-12(11)2)20-17-21-22-18(26-17)25-10-16(23)19-13(3)15-5-4-8-24-15/h4-9,13H,10H2,1-3H3,(H,19,23)(H,20,21)/t13-/m1/s1. The van der Waals surface area contributed by atoms with Gasteiger partial charge in [-0.15, -0.1) is 10.2 Å². The van der Waals surface area contributed by atoms with E-state index in [9.17, 15) is 4.79 Å². The SMILES string of the molecule is Cc1ccc(Nc2nnc(SCC(=O)N[C@H](C)c3ccco3)s2)cc1C. The number of benzene rings is 1. The largest absolute Gasteiger partial charge is 0.467 e. The molecule has 3 rings (SSSR count). The maximum absolute atomic E-state index is 12.1. The predicted octanol–water partition coefficient (Wildman–Crippen LogP) is 4.46. The normalized spacial score (nSPS) is 12.0. The molecule has 2 N–H and O–H groups in total. The molecule has 0 saturated heterocycles. The van der Waals surface area contributed by atoms with E-state index in [2.05, 4.69) is 46.8 Å². The van der Waals surface area contributed by atoms with Gasteiger partial charge >= 0.3 is 0 Å². The van der Waals surface area contributed by atoms with Gasteiger partial charge in [0.05, 0.1) is 18.1 Å². The maximum Gasteiger partial charge on any atom is 0.231 e. The maximum atomic E-state index is 12.1. The van der Waals surface area contributed by atoms with Gasteiger partial charge in [-0.3, -0.25) is 4.79 Å². The van der Waals surface area contributed by atoms with Crippen molar-refractivity contribution in [1.82, 2.24) is 15.5 Å². The summed E-state index contributed by atoms with van der Waals surface area (Å²) in [5.74, 6) is 0.945. The third-order valence-corrected chi connectivity index (χ3v) is 5.81. The molecule has 0 aliphatic rings. The molecule has 0 aliphatic heterocycles. The number of aryl methyl sites for hydroxylation is 2. The van der Waals surface area contributed by atoms with Crippen LogP contribution in [0.25, 0.3) is 0 Å². The van der Waals surface area contributed by atoms with Gasteiger partial charge in [0, 0.05) is 5.69 Å². The highest BCUT2D eigenvalue weighted by Gasteiger charge is 2.13. The minimum Gasteiger partial charge on any atom is -0.467 e. The molecular weight excluding hydrogens is 368 g/mol. The van der Waals surface area contributed by atoms with Crippen molar-refractivity contribution in [1.29, 1.82) is 0 Å². The number of carbonyl (C=O) groups excluding carboxylic acids is 1. The van der Waals surface area contributed by atoms with Crippen LogP contribution in [0.2, 0.25) is 0 Å². The Labute approximate surface area is 160 Å². The molecule has 2 heterocycles. The highest BCUT2D eigenvalue weighted by atomic mass is 32.2. The summed E-state index contributed by atoms with van der Waals surface area (Å²) in [4.78, 5) is 12.1. The molecule has 1 atom stereocenters. The molecule has 26 heavy (non-hydrogen) atoms. The number of anilines is 2. The summed E-state index contributed by atoms with van der Waals surface area (Å²) >= 11 is 2.79. The van der Waals surface area contributed by atoms with Gasteiger partial charge in [0.15, 0.2) is 4.34 Å². The molecule has 0 unspecified atom stereocenters. The Bertz CT molecular complexity index is 877. The van der Waals surface area contributed by atoms with Crippen LogP contribution in [0.15, 0.2) is 45.4 Å². The zero-order valence-electron chi connectivity index (χ0n) is 14.8. The van der Waals surface area contributed by atoms with Crippen molar-refractivity contribution in [2.75, 3.05) is 11.1 Å². The summed E-state index contributed by atoms with van der Waals surface area (Å²) in [6, 6.07) is 9.65. The summed E-state index contributed by atoms with van der Waals surface area (Å²) in [6.45, 7) is 6.04. The van der Waals surface area contributed by atoms with Crippen molar-refractivity contribution < 1.29 is 9.21 Å². The fourth-order valence-electron chi connectivity index (χ4n) is 2.28. The van der Waals surface area contributed by atoms with Crippen LogP contribution in [0.4, 0.5) is 10.8 Å². The van der Waals surface area contributed by atoms with Crippen molar-refractivity contribution in [2.45, 2.75) is 31.2 Å². The van der Waals surface area contributed by atoms with Gasteiger partial charge in [0.1, 0.15) is 5.76 Å². The van der Waals surface area contributed by atoms with Crippen LogP contribution in [0.1, 0.15) is 29.9 Å². The second-order valence-corrected chi connectivity index (χ2v) is 8.09. The van der Waals surface area contributed by atoms with E-state index in [1.54, 1.807) is 12.3 Å². The number of thioether (sulfide) groups is 1. The lowest BCUT2D eigenvalue weighted by atomic mass is 10.1. The molecule has 0 saturated carbocycles.